The van der Waals surface area contributed by atoms with E-state index in [-0.39, 0.29) is 24.8 Å². The van der Waals surface area contributed by atoms with Gasteiger partial charge in [-0.15, -0.1) is 17.9 Å². The summed E-state index contributed by atoms with van der Waals surface area (Å²) < 4.78 is 39.6. The minimum absolute atomic E-state index is 0.0453. The molecule has 1 aromatic heterocycles. The summed E-state index contributed by atoms with van der Waals surface area (Å²) in [7, 11) is -5.45. The van der Waals surface area contributed by atoms with Gasteiger partial charge in [-0.3, -0.25) is 20.3 Å². The number of esters is 1. The fourth-order valence-corrected chi connectivity index (χ4v) is 7.40. The number of para-hydroxylation sites is 1. The number of methoxy groups -OCH3 is 1. The van der Waals surface area contributed by atoms with Gasteiger partial charge in [-0.1, -0.05) is 43.4 Å². The molecular formula is C24H34N4O8S2Si. The van der Waals surface area contributed by atoms with Gasteiger partial charge in [-0.05, 0) is 24.2 Å². The SMILES string of the molecule is C=CCON(C1CNC(C(=O)OC)c2nc(CO[Si](C)(C)C(C)(C)C)sc21)S(=O)(=O)c1ccccc1[N+](=O)[O-]. The van der Waals surface area contributed by atoms with Crippen LogP contribution in [0.4, 0.5) is 5.69 Å². The molecule has 12 nitrogen and oxygen atoms in total. The molecule has 2 aromatic rings. The van der Waals surface area contributed by atoms with Crippen molar-refractivity contribution >= 4 is 41.3 Å². The van der Waals surface area contributed by atoms with Gasteiger partial charge in [-0.25, -0.2) is 18.2 Å². The lowest BCUT2D eigenvalue weighted by Gasteiger charge is -2.35. The van der Waals surface area contributed by atoms with Crippen molar-refractivity contribution in [3.63, 3.8) is 0 Å². The van der Waals surface area contributed by atoms with E-state index in [4.69, 9.17) is 14.0 Å². The first-order valence-corrected chi connectivity index (χ1v) is 17.3. The number of rotatable bonds is 11. The van der Waals surface area contributed by atoms with E-state index in [9.17, 15) is 23.3 Å². The summed E-state index contributed by atoms with van der Waals surface area (Å²) >= 11 is 1.20. The Bertz CT molecular complexity index is 1340. The number of ether oxygens (including phenoxy) is 1. The number of hydrogen-bond donors (Lipinski definition) is 1. The van der Waals surface area contributed by atoms with Gasteiger partial charge < -0.3 is 9.16 Å². The van der Waals surface area contributed by atoms with Gasteiger partial charge in [0.15, 0.2) is 13.2 Å². The van der Waals surface area contributed by atoms with Gasteiger partial charge in [0.05, 0.1) is 35.8 Å². The van der Waals surface area contributed by atoms with E-state index in [1.807, 2.05) is 0 Å². The molecule has 214 valence electrons. The van der Waals surface area contributed by atoms with Crippen molar-refractivity contribution < 1.29 is 32.1 Å². The smallest absolute Gasteiger partial charge is 0.329 e. The lowest BCUT2D eigenvalue weighted by molar-refractivity contribution is -0.388. The van der Waals surface area contributed by atoms with Gasteiger partial charge in [0.2, 0.25) is 0 Å². The Hall–Kier alpha value is -2.53. The number of nitrogens with zero attached hydrogens (tertiary/aromatic N) is 3. The van der Waals surface area contributed by atoms with Gasteiger partial charge in [0.25, 0.3) is 15.7 Å². The molecule has 15 heteroatoms. The summed E-state index contributed by atoms with van der Waals surface area (Å²) in [5.74, 6) is -0.586. The number of nitrogens with one attached hydrogen (secondary N) is 1. The molecule has 1 aliphatic rings. The van der Waals surface area contributed by atoms with E-state index in [1.54, 1.807) is 0 Å². The van der Waals surface area contributed by atoms with Gasteiger partial charge in [0.1, 0.15) is 17.1 Å². The van der Waals surface area contributed by atoms with Crippen LogP contribution in [0.1, 0.15) is 48.4 Å². The normalized spacial score (nSPS) is 18.0. The third-order valence-corrected chi connectivity index (χ3v) is 14.1. The highest BCUT2D eigenvalue weighted by atomic mass is 32.2. The monoisotopic (exact) mass is 598 g/mol. The van der Waals surface area contributed by atoms with Crippen LogP contribution in [0.15, 0.2) is 41.8 Å². The molecule has 39 heavy (non-hydrogen) atoms. The number of hydroxylamine groups is 1. The molecule has 0 fully saturated rings. The van der Waals surface area contributed by atoms with Gasteiger partial charge >= 0.3 is 5.97 Å². The van der Waals surface area contributed by atoms with Crippen molar-refractivity contribution in [3.8, 4) is 0 Å². The third-order valence-electron chi connectivity index (χ3n) is 6.77. The van der Waals surface area contributed by atoms with Crippen LogP contribution >= 0.6 is 11.3 Å². The average Bonchev–Trinajstić information content (AvgIpc) is 3.31. The Kier molecular flexibility index (Phi) is 9.47. The largest absolute Gasteiger partial charge is 0.468 e. The first kappa shape index (κ1) is 31.0. The van der Waals surface area contributed by atoms with E-state index < -0.39 is 51.9 Å². The number of carbonyl (C=O) groups is 1. The molecule has 0 saturated heterocycles. The third kappa shape index (κ3) is 6.45. The zero-order valence-electron chi connectivity index (χ0n) is 22.8. The number of nitro groups is 1. The van der Waals surface area contributed by atoms with Crippen molar-refractivity contribution in [1.82, 2.24) is 14.8 Å². The van der Waals surface area contributed by atoms with Crippen molar-refractivity contribution in [1.29, 1.82) is 0 Å². The van der Waals surface area contributed by atoms with Crippen LogP contribution < -0.4 is 5.32 Å². The second kappa shape index (κ2) is 11.9. The molecule has 0 spiro atoms. The van der Waals surface area contributed by atoms with E-state index in [1.165, 1.54) is 36.7 Å². The Labute approximate surface area is 233 Å². The highest BCUT2D eigenvalue weighted by Gasteiger charge is 2.45. The highest BCUT2D eigenvalue weighted by Crippen LogP contribution is 2.42. The molecule has 0 saturated carbocycles. The van der Waals surface area contributed by atoms with E-state index >= 15 is 0 Å². The van der Waals surface area contributed by atoms with Crippen LogP contribution in [-0.2, 0) is 35.4 Å². The number of thiazole rings is 1. The summed E-state index contributed by atoms with van der Waals surface area (Å²) in [5, 5.41) is 15.1. The zero-order chi connectivity index (χ0) is 29.2. The van der Waals surface area contributed by atoms with Crippen molar-refractivity contribution in [3.05, 3.63) is 62.6 Å². The van der Waals surface area contributed by atoms with Crippen LogP contribution in [0.3, 0.4) is 0 Å². The number of hydrogen-bond acceptors (Lipinski definition) is 11. The molecule has 0 aliphatic carbocycles. The summed E-state index contributed by atoms with van der Waals surface area (Å²) in [5.41, 5.74) is -0.296. The number of benzene rings is 1. The lowest BCUT2D eigenvalue weighted by Crippen LogP contribution is -2.46. The Balaban J connectivity index is 2.10. The average molecular weight is 599 g/mol. The minimum atomic E-state index is -4.56. The van der Waals surface area contributed by atoms with Crippen molar-refractivity contribution in [2.45, 2.75) is 62.5 Å². The maximum absolute atomic E-state index is 13.8. The summed E-state index contributed by atoms with van der Waals surface area (Å²) in [4.78, 5) is 33.7. The van der Waals surface area contributed by atoms with Crippen LogP contribution in [0.25, 0.3) is 0 Å². The summed E-state index contributed by atoms with van der Waals surface area (Å²) in [6, 6.07) is 3.10. The molecule has 0 amide bonds. The predicted octanol–water partition coefficient (Wildman–Crippen LogP) is 4.24. The number of fused-ring (bicyclic) bond motifs is 1. The Morgan fingerprint density at radius 2 is 2.03 bits per heavy atom. The maximum atomic E-state index is 13.8. The maximum Gasteiger partial charge on any atom is 0.329 e. The van der Waals surface area contributed by atoms with Crippen molar-refractivity contribution in [2.75, 3.05) is 20.3 Å². The molecule has 1 aromatic carbocycles. The fraction of sp³-hybridized carbons (Fsp3) is 0.500. The van der Waals surface area contributed by atoms with E-state index in [0.29, 0.717) is 15.6 Å². The first-order valence-electron chi connectivity index (χ1n) is 12.1. The predicted molar refractivity (Wildman–Crippen MR) is 148 cm³/mol. The second-order valence-corrected chi connectivity index (χ2v) is 18.0. The summed E-state index contributed by atoms with van der Waals surface area (Å²) in [6.45, 7) is 14.1. The van der Waals surface area contributed by atoms with E-state index in [2.05, 4.69) is 50.7 Å². The molecular weight excluding hydrogens is 565 g/mol. The fourth-order valence-electron chi connectivity index (χ4n) is 3.64. The number of nitro benzene ring substituents is 1. The zero-order valence-corrected chi connectivity index (χ0v) is 25.4. The molecule has 0 radical (unpaired) electrons. The molecule has 1 aliphatic heterocycles. The Morgan fingerprint density at radius 3 is 2.62 bits per heavy atom. The minimum Gasteiger partial charge on any atom is -0.468 e. The molecule has 3 rings (SSSR count). The van der Waals surface area contributed by atoms with Crippen LogP contribution in [0.5, 0.6) is 0 Å². The molecule has 0 bridgehead atoms. The number of carbonyl (C=O) groups excluding carboxylic acids is 1. The van der Waals surface area contributed by atoms with Crippen LogP contribution in [-0.4, -0.2) is 57.3 Å². The highest BCUT2D eigenvalue weighted by molar-refractivity contribution is 7.89. The number of sulfonamides is 1. The first-order chi connectivity index (χ1) is 18.2. The molecule has 1 N–H and O–H groups in total. The number of aromatic nitrogens is 1. The van der Waals surface area contributed by atoms with Gasteiger partial charge in [0, 0.05) is 12.6 Å². The van der Waals surface area contributed by atoms with Crippen LogP contribution in [0, 0.1) is 10.1 Å². The second-order valence-electron chi connectivity index (χ2n) is 10.4. The molecule has 2 atom stereocenters. The standard InChI is InChI=1S/C24H34N4O8S2Si/c1-8-13-35-28(38(32,33)18-12-10-9-11-16(18)27(30)31)17-14-25-21(23(29)34-5)20-22(17)37-19(26-20)15-36-39(6,7)24(2,3)4/h8-12,17,21,25H,1,13-15H2,2-7H3. The Morgan fingerprint density at radius 1 is 1.36 bits per heavy atom. The topological polar surface area (TPSA) is 150 Å². The van der Waals surface area contributed by atoms with Crippen LogP contribution in [0.2, 0.25) is 18.1 Å². The summed E-state index contributed by atoms with van der Waals surface area (Å²) in [6.07, 6.45) is 1.36. The quantitative estimate of drug-likeness (QED) is 0.131. The molecule has 2 heterocycles. The van der Waals surface area contributed by atoms with Crippen molar-refractivity contribution in [2.24, 2.45) is 0 Å². The lowest BCUT2D eigenvalue weighted by atomic mass is 10.0. The van der Waals surface area contributed by atoms with Gasteiger partial charge in [-0.2, -0.15) is 0 Å². The molecule has 2 unspecified atom stereocenters. The van der Waals surface area contributed by atoms with E-state index in [0.717, 1.165) is 16.6 Å².